The fourth-order valence-electron chi connectivity index (χ4n) is 2.60. The van der Waals surface area contributed by atoms with E-state index in [0.717, 1.165) is 0 Å². The van der Waals surface area contributed by atoms with Gasteiger partial charge in [0.15, 0.2) is 11.5 Å². The van der Waals surface area contributed by atoms with Gasteiger partial charge in [-0.1, -0.05) is 12.1 Å². The summed E-state index contributed by atoms with van der Waals surface area (Å²) >= 11 is 0. The van der Waals surface area contributed by atoms with Gasteiger partial charge in [-0.25, -0.2) is 0 Å². The Morgan fingerprint density at radius 3 is 2.76 bits per heavy atom. The number of benzene rings is 1. The molecule has 3 rings (SSSR count). The number of hydrogen-bond donors (Lipinski definition) is 1. The molecule has 2 aliphatic heterocycles. The van der Waals surface area contributed by atoms with Crippen molar-refractivity contribution in [2.24, 2.45) is 0 Å². The maximum absolute atomic E-state index is 12.6. The first-order valence-corrected chi connectivity index (χ1v) is 7.12. The van der Waals surface area contributed by atoms with Gasteiger partial charge in [-0.15, -0.1) is 0 Å². The molecule has 0 spiro atoms. The Morgan fingerprint density at radius 2 is 2.05 bits per heavy atom. The van der Waals surface area contributed by atoms with E-state index in [4.69, 9.17) is 19.3 Å². The number of nitrogens with zero attached hydrogens (tertiary/aromatic N) is 1. The third-order valence-electron chi connectivity index (χ3n) is 3.74. The normalized spacial score (nSPS) is 28.3. The van der Waals surface area contributed by atoms with Crippen LogP contribution in [-0.4, -0.2) is 60.5 Å². The second kappa shape index (κ2) is 5.91. The number of amides is 1. The first-order chi connectivity index (χ1) is 10.2. The molecule has 6 nitrogen and oxygen atoms in total. The molecule has 21 heavy (non-hydrogen) atoms. The topological polar surface area (TPSA) is 68.2 Å². The van der Waals surface area contributed by atoms with Crippen LogP contribution in [0.3, 0.4) is 0 Å². The molecule has 1 amide bonds. The number of fused-ring (bicyclic) bond motifs is 1. The first kappa shape index (κ1) is 14.2. The number of ether oxygens (including phenoxy) is 3. The van der Waals surface area contributed by atoms with Crippen LogP contribution in [-0.2, 0) is 9.53 Å². The minimum Gasteiger partial charge on any atom is -0.482 e. The minimum atomic E-state index is -0.669. The molecule has 0 aliphatic carbocycles. The lowest BCUT2D eigenvalue weighted by Crippen LogP contribution is -2.55. The molecule has 114 valence electrons. The Kier molecular flexibility index (Phi) is 3.98. The van der Waals surface area contributed by atoms with Crippen molar-refractivity contribution in [1.82, 2.24) is 4.90 Å². The standard InChI is InChI=1S/C15H19NO5/c1-10-14(21-13-5-3-2-4-12(13)20-10)15(18)16-6-7-19-11(8-16)9-17/h2-5,10-11,14,17H,6-9H2,1H3. The van der Waals surface area contributed by atoms with Gasteiger partial charge in [-0.3, -0.25) is 4.79 Å². The lowest BCUT2D eigenvalue weighted by Gasteiger charge is -2.37. The van der Waals surface area contributed by atoms with Gasteiger partial charge in [0, 0.05) is 13.1 Å². The zero-order chi connectivity index (χ0) is 14.8. The van der Waals surface area contributed by atoms with E-state index in [1.807, 2.05) is 25.1 Å². The van der Waals surface area contributed by atoms with Gasteiger partial charge in [-0.2, -0.15) is 0 Å². The first-order valence-electron chi connectivity index (χ1n) is 7.12. The summed E-state index contributed by atoms with van der Waals surface area (Å²) in [6.07, 6.45) is -1.35. The van der Waals surface area contributed by atoms with E-state index in [1.54, 1.807) is 11.0 Å². The fourth-order valence-corrected chi connectivity index (χ4v) is 2.60. The molecule has 3 unspecified atom stereocenters. The van der Waals surface area contributed by atoms with Crippen molar-refractivity contribution < 1.29 is 24.1 Å². The van der Waals surface area contributed by atoms with Gasteiger partial charge in [0.2, 0.25) is 6.10 Å². The van der Waals surface area contributed by atoms with Crippen LogP contribution in [0.25, 0.3) is 0 Å². The Balaban J connectivity index is 1.73. The monoisotopic (exact) mass is 293 g/mol. The summed E-state index contributed by atoms with van der Waals surface area (Å²) in [5, 5.41) is 9.16. The Hall–Kier alpha value is -1.79. The maximum atomic E-state index is 12.6. The zero-order valence-corrected chi connectivity index (χ0v) is 11.9. The van der Waals surface area contributed by atoms with E-state index in [9.17, 15) is 4.79 Å². The predicted molar refractivity (Wildman–Crippen MR) is 74.4 cm³/mol. The molecule has 1 fully saturated rings. The highest BCUT2D eigenvalue weighted by molar-refractivity contribution is 5.82. The van der Waals surface area contributed by atoms with E-state index in [2.05, 4.69) is 0 Å². The number of hydrogen-bond acceptors (Lipinski definition) is 5. The summed E-state index contributed by atoms with van der Waals surface area (Å²) in [4.78, 5) is 14.3. The molecule has 3 atom stereocenters. The van der Waals surface area contributed by atoms with Crippen LogP contribution in [0.1, 0.15) is 6.92 Å². The summed E-state index contributed by atoms with van der Waals surface area (Å²) in [7, 11) is 0. The van der Waals surface area contributed by atoms with Crippen LogP contribution >= 0.6 is 0 Å². The second-order valence-corrected chi connectivity index (χ2v) is 5.27. The van der Waals surface area contributed by atoms with Crippen molar-refractivity contribution in [3.8, 4) is 11.5 Å². The molecule has 0 saturated carbocycles. The largest absolute Gasteiger partial charge is 0.482 e. The van der Waals surface area contributed by atoms with Crippen LogP contribution in [0.4, 0.5) is 0 Å². The van der Waals surface area contributed by atoms with Crippen molar-refractivity contribution >= 4 is 5.91 Å². The maximum Gasteiger partial charge on any atom is 0.267 e. The highest BCUT2D eigenvalue weighted by Gasteiger charge is 2.38. The average Bonchev–Trinajstić information content (AvgIpc) is 2.53. The molecule has 0 aromatic heterocycles. The van der Waals surface area contributed by atoms with Gasteiger partial charge < -0.3 is 24.2 Å². The van der Waals surface area contributed by atoms with E-state index >= 15 is 0 Å². The van der Waals surface area contributed by atoms with Gasteiger partial charge in [-0.05, 0) is 19.1 Å². The lowest BCUT2D eigenvalue weighted by molar-refractivity contribution is -0.152. The van der Waals surface area contributed by atoms with Crippen LogP contribution in [0.15, 0.2) is 24.3 Å². The average molecular weight is 293 g/mol. The third kappa shape index (κ3) is 2.82. The van der Waals surface area contributed by atoms with Crippen LogP contribution < -0.4 is 9.47 Å². The summed E-state index contributed by atoms with van der Waals surface area (Å²) in [6.45, 7) is 3.04. The molecule has 1 aromatic carbocycles. The lowest BCUT2D eigenvalue weighted by atomic mass is 10.1. The van der Waals surface area contributed by atoms with Gasteiger partial charge in [0.05, 0.1) is 19.3 Å². The zero-order valence-electron chi connectivity index (χ0n) is 11.9. The van der Waals surface area contributed by atoms with Crippen molar-refractivity contribution in [3.63, 3.8) is 0 Å². The number of aliphatic hydroxyl groups excluding tert-OH is 1. The van der Waals surface area contributed by atoms with E-state index in [1.165, 1.54) is 0 Å². The molecule has 0 bridgehead atoms. The molecule has 1 N–H and O–H groups in total. The molecule has 2 heterocycles. The summed E-state index contributed by atoms with van der Waals surface area (Å²) in [6, 6.07) is 7.32. The number of para-hydroxylation sites is 2. The quantitative estimate of drug-likeness (QED) is 0.856. The van der Waals surface area contributed by atoms with Gasteiger partial charge >= 0.3 is 0 Å². The van der Waals surface area contributed by atoms with E-state index < -0.39 is 6.10 Å². The highest BCUT2D eigenvalue weighted by atomic mass is 16.6. The fraction of sp³-hybridized carbons (Fsp3) is 0.533. The third-order valence-corrected chi connectivity index (χ3v) is 3.74. The second-order valence-electron chi connectivity index (χ2n) is 5.27. The number of rotatable bonds is 2. The SMILES string of the molecule is CC1Oc2ccccc2OC1C(=O)N1CCOC(CO)C1. The smallest absolute Gasteiger partial charge is 0.267 e. The summed E-state index contributed by atoms with van der Waals surface area (Å²) in [5.41, 5.74) is 0. The Labute approximate surface area is 123 Å². The van der Waals surface area contributed by atoms with Crippen molar-refractivity contribution in [2.45, 2.75) is 25.2 Å². The van der Waals surface area contributed by atoms with Crippen LogP contribution in [0.5, 0.6) is 11.5 Å². The van der Waals surface area contributed by atoms with E-state index in [-0.39, 0.29) is 24.7 Å². The number of carbonyl (C=O) groups is 1. The Bertz CT molecular complexity index is 521. The minimum absolute atomic E-state index is 0.0931. The molecule has 1 saturated heterocycles. The number of carbonyl (C=O) groups excluding carboxylic acids is 1. The van der Waals surface area contributed by atoms with Gasteiger partial charge in [0.25, 0.3) is 5.91 Å². The van der Waals surface area contributed by atoms with Crippen LogP contribution in [0, 0.1) is 0 Å². The van der Waals surface area contributed by atoms with E-state index in [0.29, 0.717) is 31.2 Å². The van der Waals surface area contributed by atoms with Gasteiger partial charge in [0.1, 0.15) is 6.10 Å². The molecular formula is C15H19NO5. The Morgan fingerprint density at radius 1 is 1.33 bits per heavy atom. The molecule has 6 heteroatoms. The van der Waals surface area contributed by atoms with Crippen molar-refractivity contribution in [1.29, 1.82) is 0 Å². The van der Waals surface area contributed by atoms with Crippen LogP contribution in [0.2, 0.25) is 0 Å². The molecule has 2 aliphatic rings. The molecule has 0 radical (unpaired) electrons. The van der Waals surface area contributed by atoms with Crippen molar-refractivity contribution in [2.75, 3.05) is 26.3 Å². The highest BCUT2D eigenvalue weighted by Crippen LogP contribution is 2.34. The number of morpholine rings is 1. The molecular weight excluding hydrogens is 274 g/mol. The number of aliphatic hydroxyl groups is 1. The summed E-state index contributed by atoms with van der Waals surface area (Å²) in [5.74, 6) is 1.11. The summed E-state index contributed by atoms with van der Waals surface area (Å²) < 4.78 is 16.9. The molecule has 1 aromatic rings. The van der Waals surface area contributed by atoms with Crippen molar-refractivity contribution in [3.05, 3.63) is 24.3 Å². The predicted octanol–water partition coefficient (Wildman–Crippen LogP) is 0.435.